The molecule has 2 saturated carbocycles. The van der Waals surface area contributed by atoms with Gasteiger partial charge in [-0.25, -0.2) is 4.68 Å². The van der Waals surface area contributed by atoms with Crippen molar-refractivity contribution in [3.63, 3.8) is 0 Å². The van der Waals surface area contributed by atoms with Gasteiger partial charge in [0.25, 0.3) is 5.56 Å². The average Bonchev–Trinajstić information content (AvgIpc) is 2.54. The van der Waals surface area contributed by atoms with Gasteiger partial charge in [-0.1, -0.05) is 6.42 Å². The maximum absolute atomic E-state index is 13.0. The summed E-state index contributed by atoms with van der Waals surface area (Å²) in [5.41, 5.74) is 8.09. The maximum atomic E-state index is 13.0. The summed E-state index contributed by atoms with van der Waals surface area (Å²) in [4.78, 5) is 26.8. The zero-order valence-electron chi connectivity index (χ0n) is 14.7. The van der Waals surface area contributed by atoms with E-state index in [0.29, 0.717) is 24.9 Å². The number of carbonyl (C=O) groups excluding carboxylic acids is 1. The predicted molar refractivity (Wildman–Crippen MR) is 97.4 cm³/mol. The molecule has 0 radical (unpaired) electrons. The first-order valence-electron chi connectivity index (χ1n) is 9.13. The summed E-state index contributed by atoms with van der Waals surface area (Å²) in [5.74, 6) is 1.39. The zero-order chi connectivity index (χ0) is 16.8. The Morgan fingerprint density at radius 1 is 1.28 bits per heavy atom. The quantitative estimate of drug-likeness (QED) is 0.810. The van der Waals surface area contributed by atoms with E-state index in [1.165, 1.54) is 23.9 Å². The smallest absolute Gasteiger partial charge is 0.266 e. The first-order valence-corrected chi connectivity index (χ1v) is 9.13. The molecule has 1 aliphatic heterocycles. The number of carbonyl (C=O) groups is 1. The number of amides is 1. The van der Waals surface area contributed by atoms with Crippen molar-refractivity contribution in [1.82, 2.24) is 14.7 Å². The zero-order valence-corrected chi connectivity index (χ0v) is 15.5. The summed E-state index contributed by atoms with van der Waals surface area (Å²) >= 11 is 0. The lowest BCUT2D eigenvalue weighted by Crippen LogP contribution is -2.50. The van der Waals surface area contributed by atoms with Crippen LogP contribution in [0, 0.1) is 17.8 Å². The fourth-order valence-corrected chi connectivity index (χ4v) is 4.93. The van der Waals surface area contributed by atoms with Gasteiger partial charge in [0, 0.05) is 50.1 Å². The minimum Gasteiger partial charge on any atom is -0.338 e. The van der Waals surface area contributed by atoms with Crippen LogP contribution in [0.3, 0.4) is 0 Å². The van der Waals surface area contributed by atoms with Gasteiger partial charge in [0.05, 0.1) is 5.69 Å². The highest BCUT2D eigenvalue weighted by molar-refractivity contribution is 5.85. The summed E-state index contributed by atoms with van der Waals surface area (Å²) < 4.78 is 1.38. The molecule has 0 spiro atoms. The second-order valence-electron chi connectivity index (χ2n) is 7.78. The van der Waals surface area contributed by atoms with Crippen LogP contribution in [0.1, 0.15) is 43.4 Å². The first kappa shape index (κ1) is 18.4. The first-order chi connectivity index (χ1) is 11.5. The van der Waals surface area contributed by atoms with Crippen LogP contribution in [0.15, 0.2) is 10.9 Å². The fraction of sp³-hybridized carbons (Fsp3) is 0.722. The van der Waals surface area contributed by atoms with Crippen LogP contribution >= 0.6 is 12.4 Å². The van der Waals surface area contributed by atoms with Crippen LogP contribution in [0.4, 0.5) is 0 Å². The lowest BCUT2D eigenvalue weighted by atomic mass is 9.65. The van der Waals surface area contributed by atoms with Gasteiger partial charge in [-0.05, 0) is 37.5 Å². The molecule has 1 amide bonds. The van der Waals surface area contributed by atoms with Crippen molar-refractivity contribution >= 4 is 18.3 Å². The molecule has 6 nitrogen and oxygen atoms in total. The minimum atomic E-state index is -0.110. The van der Waals surface area contributed by atoms with Crippen molar-refractivity contribution in [2.24, 2.45) is 30.5 Å². The third kappa shape index (κ3) is 3.34. The third-order valence-corrected chi connectivity index (χ3v) is 6.31. The Morgan fingerprint density at radius 3 is 2.64 bits per heavy atom. The summed E-state index contributed by atoms with van der Waals surface area (Å²) in [7, 11) is 1.67. The normalized spacial score (nSPS) is 31.0. The maximum Gasteiger partial charge on any atom is 0.266 e. The molecule has 0 saturated heterocycles. The van der Waals surface area contributed by atoms with Gasteiger partial charge >= 0.3 is 0 Å². The molecule has 4 rings (SSSR count). The van der Waals surface area contributed by atoms with Crippen molar-refractivity contribution in [3.05, 3.63) is 27.7 Å². The molecule has 138 valence electrons. The van der Waals surface area contributed by atoms with Crippen LogP contribution < -0.4 is 11.3 Å². The van der Waals surface area contributed by atoms with Gasteiger partial charge in [0.1, 0.15) is 0 Å². The minimum absolute atomic E-state index is 0. The van der Waals surface area contributed by atoms with E-state index >= 15 is 0 Å². The van der Waals surface area contributed by atoms with Gasteiger partial charge in [-0.3, -0.25) is 9.59 Å². The number of hydrogen-bond acceptors (Lipinski definition) is 4. The van der Waals surface area contributed by atoms with E-state index in [9.17, 15) is 9.59 Å². The van der Waals surface area contributed by atoms with Gasteiger partial charge < -0.3 is 10.6 Å². The van der Waals surface area contributed by atoms with Crippen LogP contribution in [-0.4, -0.2) is 33.2 Å². The Balaban J connectivity index is 0.00000182. The molecule has 2 N–H and O–H groups in total. The Morgan fingerprint density at radius 2 is 1.96 bits per heavy atom. The van der Waals surface area contributed by atoms with Crippen molar-refractivity contribution in [1.29, 1.82) is 0 Å². The van der Waals surface area contributed by atoms with Gasteiger partial charge in [0.15, 0.2) is 0 Å². The Kier molecular flexibility index (Phi) is 5.21. The number of hydrogen-bond donors (Lipinski definition) is 1. The molecule has 2 atom stereocenters. The number of halogens is 1. The highest BCUT2D eigenvalue weighted by Crippen LogP contribution is 2.42. The fourth-order valence-electron chi connectivity index (χ4n) is 4.93. The van der Waals surface area contributed by atoms with E-state index in [1.807, 2.05) is 4.90 Å². The molecule has 1 aromatic rings. The van der Waals surface area contributed by atoms with E-state index in [4.69, 9.17) is 5.73 Å². The lowest BCUT2D eigenvalue weighted by molar-refractivity contribution is -0.139. The predicted octanol–water partition coefficient (Wildman–Crippen LogP) is 1.24. The molecule has 0 aromatic carbocycles. The van der Waals surface area contributed by atoms with E-state index in [0.717, 1.165) is 30.5 Å². The molecule has 2 heterocycles. The van der Waals surface area contributed by atoms with Gasteiger partial charge in [-0.15, -0.1) is 12.4 Å². The number of rotatable bonds is 1. The van der Waals surface area contributed by atoms with Crippen molar-refractivity contribution in [2.75, 3.05) is 6.54 Å². The number of aromatic nitrogens is 2. The summed E-state index contributed by atoms with van der Waals surface area (Å²) in [6, 6.07) is 1.92. The van der Waals surface area contributed by atoms with Gasteiger partial charge in [-0.2, -0.15) is 5.10 Å². The van der Waals surface area contributed by atoms with E-state index in [-0.39, 0.29) is 35.8 Å². The van der Waals surface area contributed by atoms with Crippen molar-refractivity contribution in [3.8, 4) is 0 Å². The number of fused-ring (bicyclic) bond motifs is 3. The molecule has 2 bridgehead atoms. The monoisotopic (exact) mass is 366 g/mol. The molecule has 2 unspecified atom stereocenters. The second kappa shape index (κ2) is 7.08. The van der Waals surface area contributed by atoms with Crippen molar-refractivity contribution in [2.45, 2.75) is 51.1 Å². The largest absolute Gasteiger partial charge is 0.338 e. The molecule has 3 aliphatic rings. The summed E-state index contributed by atoms with van der Waals surface area (Å²) in [6.07, 6.45) is 6.21. The Labute approximate surface area is 154 Å². The number of nitrogens with zero attached hydrogens (tertiary/aromatic N) is 3. The highest BCUT2D eigenvalue weighted by atomic mass is 35.5. The number of aryl methyl sites for hydroxylation is 1. The topological polar surface area (TPSA) is 81.2 Å². The third-order valence-electron chi connectivity index (χ3n) is 6.31. The molecular formula is C18H27ClN4O2. The summed E-state index contributed by atoms with van der Waals surface area (Å²) in [5, 5.41) is 4.33. The van der Waals surface area contributed by atoms with Gasteiger partial charge in [0.2, 0.25) is 5.91 Å². The summed E-state index contributed by atoms with van der Waals surface area (Å²) in [6.45, 7) is 1.23. The molecule has 2 aliphatic carbocycles. The molecule has 25 heavy (non-hydrogen) atoms. The molecule has 2 fully saturated rings. The second-order valence-corrected chi connectivity index (χ2v) is 7.78. The SMILES string of the molecule is Cl.Cn1nc2c(cc1=O)CN(C(=O)C1CC3CCCC(C1)C3N)CC2. The molecule has 1 aromatic heterocycles. The standard InChI is InChI=1S/C18H26N4O2.ClH/c1-21-16(23)9-14-10-22(6-5-15(14)20-21)18(24)13-7-11-3-2-4-12(8-13)17(11)19;/h9,11-13,17H,2-8,10,19H2,1H3;1H. The van der Waals surface area contributed by atoms with Crippen LogP contribution in [-0.2, 0) is 24.8 Å². The Bertz CT molecular complexity index is 706. The highest BCUT2D eigenvalue weighted by Gasteiger charge is 2.42. The van der Waals surface area contributed by atoms with E-state index in [2.05, 4.69) is 5.10 Å². The number of nitrogens with two attached hydrogens (primary N) is 1. The van der Waals surface area contributed by atoms with Crippen LogP contribution in [0.2, 0.25) is 0 Å². The van der Waals surface area contributed by atoms with Crippen LogP contribution in [0.25, 0.3) is 0 Å². The van der Waals surface area contributed by atoms with E-state index in [1.54, 1.807) is 13.1 Å². The van der Waals surface area contributed by atoms with E-state index < -0.39 is 0 Å². The lowest BCUT2D eigenvalue weighted by Gasteiger charge is -2.44. The van der Waals surface area contributed by atoms with Crippen LogP contribution in [0.5, 0.6) is 0 Å². The molecular weight excluding hydrogens is 340 g/mol. The average molecular weight is 367 g/mol. The Hall–Kier alpha value is -1.40. The van der Waals surface area contributed by atoms with Crippen molar-refractivity contribution < 1.29 is 4.79 Å². The molecule has 7 heteroatoms.